The normalized spacial score (nSPS) is 11.0. The Morgan fingerprint density at radius 1 is 1.41 bits per heavy atom. The van der Waals surface area contributed by atoms with Crippen LogP contribution in [0.25, 0.3) is 15.0 Å². The zero-order chi connectivity index (χ0) is 16.0. The standard InChI is InChI=1S/C14H12N2O5S/c1-6-4-8-11(7(2)10(6)20-3)22-12-9(21-14(18)19)5-15-13(17)16(8)12/h4-5H,1-3H3,(H,18,19). The second-order valence-corrected chi connectivity index (χ2v) is 5.71. The van der Waals surface area contributed by atoms with E-state index in [0.29, 0.717) is 10.3 Å². The van der Waals surface area contributed by atoms with E-state index in [-0.39, 0.29) is 5.75 Å². The molecule has 0 unspecified atom stereocenters. The van der Waals surface area contributed by atoms with Gasteiger partial charge in [-0.3, -0.25) is 0 Å². The molecular weight excluding hydrogens is 308 g/mol. The van der Waals surface area contributed by atoms with Gasteiger partial charge in [-0.15, -0.1) is 11.3 Å². The van der Waals surface area contributed by atoms with Gasteiger partial charge in [-0.2, -0.15) is 4.98 Å². The monoisotopic (exact) mass is 320 g/mol. The third kappa shape index (κ3) is 2.00. The van der Waals surface area contributed by atoms with E-state index in [4.69, 9.17) is 14.6 Å². The smallest absolute Gasteiger partial charge is 0.496 e. The van der Waals surface area contributed by atoms with E-state index in [1.54, 1.807) is 7.11 Å². The van der Waals surface area contributed by atoms with E-state index in [9.17, 15) is 9.59 Å². The highest BCUT2D eigenvalue weighted by atomic mass is 32.1. The van der Waals surface area contributed by atoms with Crippen molar-refractivity contribution in [1.82, 2.24) is 9.38 Å². The molecule has 3 rings (SSSR count). The van der Waals surface area contributed by atoms with Gasteiger partial charge in [0, 0.05) is 5.56 Å². The summed E-state index contributed by atoms with van der Waals surface area (Å²) in [7, 11) is 1.58. The number of methoxy groups -OCH3 is 1. The first-order valence-corrected chi connectivity index (χ1v) is 7.15. The second-order valence-electron chi connectivity index (χ2n) is 4.72. The number of fused-ring (bicyclic) bond motifs is 3. The number of aryl methyl sites for hydroxylation is 2. The second kappa shape index (κ2) is 4.99. The lowest BCUT2D eigenvalue weighted by atomic mass is 10.1. The largest absolute Gasteiger partial charge is 0.511 e. The van der Waals surface area contributed by atoms with Crippen molar-refractivity contribution in [2.45, 2.75) is 13.8 Å². The fourth-order valence-electron chi connectivity index (χ4n) is 2.53. The van der Waals surface area contributed by atoms with Crippen LogP contribution in [0.5, 0.6) is 11.5 Å². The summed E-state index contributed by atoms with van der Waals surface area (Å²) in [6.45, 7) is 3.77. The SMILES string of the molecule is COc1c(C)cc2c(sc3c(OC(=O)O)cnc(=O)n32)c1C. The maximum atomic E-state index is 12.1. The zero-order valence-electron chi connectivity index (χ0n) is 12.0. The molecule has 0 amide bonds. The van der Waals surface area contributed by atoms with E-state index in [2.05, 4.69) is 4.98 Å². The van der Waals surface area contributed by atoms with Crippen LogP contribution in [0.3, 0.4) is 0 Å². The van der Waals surface area contributed by atoms with Crippen LogP contribution in [-0.4, -0.2) is 27.8 Å². The van der Waals surface area contributed by atoms with Gasteiger partial charge in [0.05, 0.1) is 23.5 Å². The van der Waals surface area contributed by atoms with Crippen LogP contribution in [0.2, 0.25) is 0 Å². The minimum atomic E-state index is -1.45. The Morgan fingerprint density at radius 2 is 2.14 bits per heavy atom. The fraction of sp³-hybridized carbons (Fsp3) is 0.214. The van der Waals surface area contributed by atoms with E-state index in [1.165, 1.54) is 15.7 Å². The number of benzene rings is 1. The summed E-state index contributed by atoms with van der Waals surface area (Å²) in [5.41, 5.74) is 1.93. The number of carbonyl (C=O) groups is 1. The lowest BCUT2D eigenvalue weighted by Gasteiger charge is -2.08. The molecule has 22 heavy (non-hydrogen) atoms. The number of rotatable bonds is 2. The molecule has 0 saturated heterocycles. The summed E-state index contributed by atoms with van der Waals surface area (Å²) in [5, 5.41) is 8.80. The van der Waals surface area contributed by atoms with E-state index < -0.39 is 11.8 Å². The molecule has 8 heteroatoms. The van der Waals surface area contributed by atoms with Crippen molar-refractivity contribution in [2.75, 3.05) is 7.11 Å². The summed E-state index contributed by atoms with van der Waals surface area (Å²) >= 11 is 1.26. The number of aromatic nitrogens is 2. The Morgan fingerprint density at radius 3 is 2.77 bits per heavy atom. The Labute approximate surface area is 128 Å². The van der Waals surface area contributed by atoms with Gasteiger partial charge in [-0.05, 0) is 25.5 Å². The van der Waals surface area contributed by atoms with E-state index in [1.807, 2.05) is 19.9 Å². The van der Waals surface area contributed by atoms with E-state index >= 15 is 0 Å². The molecule has 2 heterocycles. The molecule has 0 bridgehead atoms. The van der Waals surface area contributed by atoms with Gasteiger partial charge < -0.3 is 14.6 Å². The summed E-state index contributed by atoms with van der Waals surface area (Å²) in [4.78, 5) is 26.9. The van der Waals surface area contributed by atoms with Crippen LogP contribution >= 0.6 is 11.3 Å². The summed E-state index contributed by atoms with van der Waals surface area (Å²) < 4.78 is 12.3. The van der Waals surface area contributed by atoms with Crippen molar-refractivity contribution >= 4 is 32.5 Å². The minimum Gasteiger partial charge on any atom is -0.496 e. The minimum absolute atomic E-state index is 0.0318. The third-order valence-electron chi connectivity index (χ3n) is 3.36. The van der Waals surface area contributed by atoms with Gasteiger partial charge in [-0.25, -0.2) is 14.0 Å². The van der Waals surface area contributed by atoms with Crippen molar-refractivity contribution in [3.63, 3.8) is 0 Å². The lowest BCUT2D eigenvalue weighted by Crippen LogP contribution is -2.16. The van der Waals surface area contributed by atoms with Crippen molar-refractivity contribution in [2.24, 2.45) is 0 Å². The molecule has 0 aliphatic rings. The van der Waals surface area contributed by atoms with Gasteiger partial charge in [0.25, 0.3) is 0 Å². The molecule has 0 atom stereocenters. The topological polar surface area (TPSA) is 90.1 Å². The highest BCUT2D eigenvalue weighted by molar-refractivity contribution is 7.24. The fourth-order valence-corrected chi connectivity index (χ4v) is 3.69. The predicted molar refractivity (Wildman–Crippen MR) is 81.5 cm³/mol. The Hall–Kier alpha value is -2.61. The summed E-state index contributed by atoms with van der Waals surface area (Å²) in [6, 6.07) is 1.82. The average Bonchev–Trinajstić information content (AvgIpc) is 2.83. The quantitative estimate of drug-likeness (QED) is 0.730. The first-order valence-electron chi connectivity index (χ1n) is 6.33. The van der Waals surface area contributed by atoms with Gasteiger partial charge in [0.1, 0.15) is 10.6 Å². The Bertz CT molecular complexity index is 973. The van der Waals surface area contributed by atoms with Crippen molar-refractivity contribution in [3.05, 3.63) is 33.9 Å². The molecule has 114 valence electrons. The molecule has 0 aliphatic carbocycles. The molecule has 0 saturated carbocycles. The van der Waals surface area contributed by atoms with Crippen LogP contribution < -0.4 is 15.2 Å². The first kappa shape index (κ1) is 14.3. The van der Waals surface area contributed by atoms with Crippen LogP contribution in [0, 0.1) is 13.8 Å². The molecule has 7 nitrogen and oxygen atoms in total. The number of ether oxygens (including phenoxy) is 2. The molecule has 0 aliphatic heterocycles. The van der Waals surface area contributed by atoms with Gasteiger partial charge in [0.2, 0.25) is 0 Å². The van der Waals surface area contributed by atoms with Gasteiger partial charge in [0.15, 0.2) is 5.75 Å². The van der Waals surface area contributed by atoms with E-state index in [0.717, 1.165) is 27.8 Å². The van der Waals surface area contributed by atoms with Crippen LogP contribution in [0.15, 0.2) is 17.1 Å². The number of hydrogen-bond donors (Lipinski definition) is 1. The predicted octanol–water partition coefficient (Wildman–Crippen LogP) is 2.59. The first-order chi connectivity index (χ1) is 10.4. The molecule has 2 aromatic heterocycles. The average molecular weight is 320 g/mol. The van der Waals surface area contributed by atoms with Gasteiger partial charge >= 0.3 is 11.8 Å². The maximum Gasteiger partial charge on any atom is 0.511 e. The molecular formula is C14H12N2O5S. The number of carboxylic acid groups (broad SMARTS) is 1. The number of thiazole rings is 1. The number of nitrogens with zero attached hydrogens (tertiary/aromatic N) is 2. The summed E-state index contributed by atoms with van der Waals surface area (Å²) in [5.74, 6) is 0.769. The molecule has 3 aromatic rings. The van der Waals surface area contributed by atoms with Crippen molar-refractivity contribution in [3.8, 4) is 11.5 Å². The molecule has 1 aromatic carbocycles. The molecule has 1 N–H and O–H groups in total. The summed E-state index contributed by atoms with van der Waals surface area (Å²) in [6.07, 6.45) is -0.328. The Kier molecular flexibility index (Phi) is 3.25. The molecule has 0 fully saturated rings. The van der Waals surface area contributed by atoms with Crippen LogP contribution in [0.4, 0.5) is 4.79 Å². The third-order valence-corrected chi connectivity index (χ3v) is 4.66. The molecule has 0 spiro atoms. The lowest BCUT2D eigenvalue weighted by molar-refractivity contribution is 0.145. The highest BCUT2D eigenvalue weighted by Gasteiger charge is 2.18. The van der Waals surface area contributed by atoms with Crippen LogP contribution in [-0.2, 0) is 0 Å². The Balaban J connectivity index is 2.48. The molecule has 0 radical (unpaired) electrons. The highest BCUT2D eigenvalue weighted by Crippen LogP contribution is 2.38. The maximum absolute atomic E-state index is 12.1. The van der Waals surface area contributed by atoms with Gasteiger partial charge in [-0.1, -0.05) is 0 Å². The van der Waals surface area contributed by atoms with Crippen LogP contribution in [0.1, 0.15) is 11.1 Å². The number of hydrogen-bond acceptors (Lipinski definition) is 6. The zero-order valence-corrected chi connectivity index (χ0v) is 12.9. The van der Waals surface area contributed by atoms with Crippen molar-refractivity contribution in [1.29, 1.82) is 0 Å². The van der Waals surface area contributed by atoms with Crippen molar-refractivity contribution < 1.29 is 19.4 Å².